The highest BCUT2D eigenvalue weighted by atomic mass is 19.3. The fourth-order valence-corrected chi connectivity index (χ4v) is 3.41. The molecule has 0 unspecified atom stereocenters. The van der Waals surface area contributed by atoms with Crippen molar-refractivity contribution in [1.82, 2.24) is 24.8 Å². The van der Waals surface area contributed by atoms with Gasteiger partial charge in [-0.25, -0.2) is 28.7 Å². The zero-order valence-electron chi connectivity index (χ0n) is 14.7. The first-order valence-corrected chi connectivity index (χ1v) is 9.00. The number of alkyl halides is 2. The lowest BCUT2D eigenvalue weighted by atomic mass is 9.97. The van der Waals surface area contributed by atoms with E-state index < -0.39 is 12.3 Å². The molecular formula is C18H20F2N6O. The van der Waals surface area contributed by atoms with Crippen LogP contribution in [0.3, 0.4) is 0 Å². The molecule has 2 aliphatic rings. The monoisotopic (exact) mass is 374 g/mol. The maximum absolute atomic E-state index is 12.7. The minimum Gasteiger partial charge on any atom is -0.345 e. The van der Waals surface area contributed by atoms with Crippen LogP contribution in [0.1, 0.15) is 41.6 Å². The van der Waals surface area contributed by atoms with Crippen molar-refractivity contribution < 1.29 is 13.6 Å². The lowest BCUT2D eigenvalue weighted by Crippen LogP contribution is -2.40. The summed E-state index contributed by atoms with van der Waals surface area (Å²) in [5, 5.41) is 3.30. The molecule has 1 aliphatic heterocycles. The van der Waals surface area contributed by atoms with E-state index in [1.54, 1.807) is 17.3 Å². The van der Waals surface area contributed by atoms with Gasteiger partial charge in [-0.15, -0.1) is 0 Å². The molecule has 142 valence electrons. The Kier molecular flexibility index (Phi) is 4.67. The second-order valence-corrected chi connectivity index (χ2v) is 7.09. The van der Waals surface area contributed by atoms with E-state index in [9.17, 15) is 13.6 Å². The highest BCUT2D eigenvalue weighted by Crippen LogP contribution is 2.47. The molecule has 0 atom stereocenters. The first-order valence-electron chi connectivity index (χ1n) is 9.00. The predicted octanol–water partition coefficient (Wildman–Crippen LogP) is 2.49. The summed E-state index contributed by atoms with van der Waals surface area (Å²) < 4.78 is 25.5. The fraction of sp³-hybridized carbons (Fsp3) is 0.500. The number of nitrogens with zero attached hydrogens (tertiary/aromatic N) is 5. The number of carbonyl (C=O) groups excluding carboxylic acids is 1. The highest BCUT2D eigenvalue weighted by Gasteiger charge is 2.45. The molecule has 1 saturated heterocycles. The molecule has 0 bridgehead atoms. The number of halogens is 2. The Bertz CT molecular complexity index is 789. The number of aromatic nitrogens is 4. The van der Waals surface area contributed by atoms with Crippen LogP contribution in [0.5, 0.6) is 0 Å². The quantitative estimate of drug-likeness (QED) is 0.866. The van der Waals surface area contributed by atoms with Crippen molar-refractivity contribution in [2.75, 3.05) is 18.4 Å². The average molecular weight is 374 g/mol. The summed E-state index contributed by atoms with van der Waals surface area (Å²) >= 11 is 0. The SMILES string of the molecule is O=C(c1cnc(NC2(c3cncnc3)CC2)nc1)N1CCC(C(F)F)CC1. The van der Waals surface area contributed by atoms with E-state index in [1.165, 1.54) is 18.7 Å². The lowest BCUT2D eigenvalue weighted by molar-refractivity contribution is 0.0311. The number of hydrogen-bond acceptors (Lipinski definition) is 6. The van der Waals surface area contributed by atoms with E-state index in [4.69, 9.17) is 0 Å². The summed E-state index contributed by atoms with van der Waals surface area (Å²) in [6.07, 6.45) is 8.19. The Morgan fingerprint density at radius 3 is 2.30 bits per heavy atom. The predicted molar refractivity (Wildman–Crippen MR) is 93.2 cm³/mol. The number of nitrogens with one attached hydrogen (secondary N) is 1. The van der Waals surface area contributed by atoms with Crippen molar-refractivity contribution in [3.05, 3.63) is 42.2 Å². The van der Waals surface area contributed by atoms with Crippen molar-refractivity contribution in [2.45, 2.75) is 37.6 Å². The molecule has 2 aromatic rings. The molecule has 4 rings (SSSR count). The van der Waals surface area contributed by atoms with E-state index in [0.29, 0.717) is 37.4 Å². The van der Waals surface area contributed by atoms with Crippen LogP contribution in [0.25, 0.3) is 0 Å². The van der Waals surface area contributed by atoms with Gasteiger partial charge in [-0.05, 0) is 25.7 Å². The first kappa shape index (κ1) is 17.7. The van der Waals surface area contributed by atoms with Crippen LogP contribution < -0.4 is 5.32 Å². The second kappa shape index (κ2) is 7.13. The minimum atomic E-state index is -2.32. The van der Waals surface area contributed by atoms with Gasteiger partial charge in [-0.2, -0.15) is 0 Å². The maximum atomic E-state index is 12.7. The van der Waals surface area contributed by atoms with Gasteiger partial charge in [0.2, 0.25) is 12.4 Å². The van der Waals surface area contributed by atoms with E-state index in [0.717, 1.165) is 18.4 Å². The van der Waals surface area contributed by atoms with Crippen LogP contribution in [0.15, 0.2) is 31.1 Å². The molecule has 1 saturated carbocycles. The first-order chi connectivity index (χ1) is 13.1. The van der Waals surface area contributed by atoms with Gasteiger partial charge in [0.15, 0.2) is 0 Å². The Hall–Kier alpha value is -2.71. The Balaban J connectivity index is 1.39. The summed E-state index contributed by atoms with van der Waals surface area (Å²) in [5.41, 5.74) is 1.10. The van der Waals surface area contributed by atoms with Crippen molar-refractivity contribution >= 4 is 11.9 Å². The molecule has 2 fully saturated rings. The van der Waals surface area contributed by atoms with Crippen LogP contribution in [-0.4, -0.2) is 50.3 Å². The van der Waals surface area contributed by atoms with Gasteiger partial charge in [-0.3, -0.25) is 4.79 Å². The zero-order valence-corrected chi connectivity index (χ0v) is 14.7. The molecule has 7 nitrogen and oxygen atoms in total. The van der Waals surface area contributed by atoms with Crippen LogP contribution >= 0.6 is 0 Å². The smallest absolute Gasteiger partial charge is 0.256 e. The van der Waals surface area contributed by atoms with Crippen molar-refractivity contribution in [3.8, 4) is 0 Å². The van der Waals surface area contributed by atoms with Crippen molar-refractivity contribution in [1.29, 1.82) is 0 Å². The molecular weight excluding hydrogens is 354 g/mol. The van der Waals surface area contributed by atoms with Gasteiger partial charge in [0.1, 0.15) is 6.33 Å². The summed E-state index contributed by atoms with van der Waals surface area (Å²) in [7, 11) is 0. The topological polar surface area (TPSA) is 83.9 Å². The Morgan fingerprint density at radius 1 is 1.11 bits per heavy atom. The second-order valence-electron chi connectivity index (χ2n) is 7.09. The fourth-order valence-electron chi connectivity index (χ4n) is 3.41. The third-order valence-corrected chi connectivity index (χ3v) is 5.30. The minimum absolute atomic E-state index is 0.216. The standard InChI is InChI=1S/C18H20F2N6O/c19-15(20)12-1-5-26(6-2-12)16(27)13-7-23-17(24-8-13)25-18(3-4-18)14-9-21-11-22-10-14/h7-12,15H,1-6H2,(H,23,24,25). The van der Waals surface area contributed by atoms with Gasteiger partial charge in [0, 0.05) is 49.4 Å². The molecule has 0 radical (unpaired) electrons. The normalized spacial score (nSPS) is 19.1. The van der Waals surface area contributed by atoms with Crippen molar-refractivity contribution in [3.63, 3.8) is 0 Å². The average Bonchev–Trinajstić information content (AvgIpc) is 3.49. The highest BCUT2D eigenvalue weighted by molar-refractivity contribution is 5.93. The summed E-state index contributed by atoms with van der Waals surface area (Å²) in [5.74, 6) is -0.398. The van der Waals surface area contributed by atoms with Gasteiger partial charge >= 0.3 is 0 Å². The summed E-state index contributed by atoms with van der Waals surface area (Å²) in [6, 6.07) is 0. The van der Waals surface area contributed by atoms with Crippen molar-refractivity contribution in [2.24, 2.45) is 5.92 Å². The molecule has 27 heavy (non-hydrogen) atoms. The van der Waals surface area contributed by atoms with Crippen LogP contribution in [0.2, 0.25) is 0 Å². The number of hydrogen-bond donors (Lipinski definition) is 1. The van der Waals surface area contributed by atoms with Crippen LogP contribution in [0, 0.1) is 5.92 Å². The van der Waals surface area contributed by atoms with E-state index >= 15 is 0 Å². The molecule has 1 amide bonds. The number of rotatable bonds is 5. The molecule has 3 heterocycles. The summed E-state index contributed by atoms with van der Waals surface area (Å²) in [4.78, 5) is 30.7. The number of anilines is 1. The number of likely N-dealkylation sites (tertiary alicyclic amines) is 1. The van der Waals surface area contributed by atoms with Gasteiger partial charge in [0.25, 0.3) is 5.91 Å². The maximum Gasteiger partial charge on any atom is 0.256 e. The molecule has 9 heteroatoms. The molecule has 1 aliphatic carbocycles. The third-order valence-electron chi connectivity index (χ3n) is 5.30. The Labute approximate surface area is 155 Å². The van der Waals surface area contributed by atoms with E-state index in [2.05, 4.69) is 25.3 Å². The zero-order chi connectivity index (χ0) is 18.9. The van der Waals surface area contributed by atoms with Gasteiger partial charge in [0.05, 0.1) is 11.1 Å². The third kappa shape index (κ3) is 3.72. The lowest BCUT2D eigenvalue weighted by Gasteiger charge is -2.31. The number of amides is 1. The van der Waals surface area contributed by atoms with E-state index in [-0.39, 0.29) is 11.4 Å². The van der Waals surface area contributed by atoms with Crippen LogP contribution in [0.4, 0.5) is 14.7 Å². The molecule has 0 spiro atoms. The largest absolute Gasteiger partial charge is 0.345 e. The van der Waals surface area contributed by atoms with Gasteiger partial charge in [-0.1, -0.05) is 0 Å². The Morgan fingerprint density at radius 2 is 1.74 bits per heavy atom. The van der Waals surface area contributed by atoms with E-state index in [1.807, 2.05) is 0 Å². The number of carbonyl (C=O) groups is 1. The number of piperidine rings is 1. The van der Waals surface area contributed by atoms with Gasteiger partial charge < -0.3 is 10.2 Å². The molecule has 1 N–H and O–H groups in total. The molecule has 2 aromatic heterocycles. The summed E-state index contributed by atoms with van der Waals surface area (Å²) in [6.45, 7) is 0.677. The molecule has 0 aromatic carbocycles. The van der Waals surface area contributed by atoms with Crippen LogP contribution in [-0.2, 0) is 5.54 Å².